The van der Waals surface area contributed by atoms with Gasteiger partial charge in [-0.15, -0.1) is 0 Å². The largest absolute Gasteiger partial charge is 0.444 e. The molecule has 28 heavy (non-hydrogen) atoms. The molecular formula is C21H26ClN3O3. The van der Waals surface area contributed by atoms with Crippen LogP contribution in [0.1, 0.15) is 57.3 Å². The molecule has 7 heteroatoms. The van der Waals surface area contributed by atoms with Crippen LogP contribution in [0.3, 0.4) is 0 Å². The summed E-state index contributed by atoms with van der Waals surface area (Å²) in [5, 5.41) is 1.70. The average Bonchev–Trinajstić information content (AvgIpc) is 2.90. The third-order valence-electron chi connectivity index (χ3n) is 5.98. The molecule has 2 aromatic rings. The number of hydrogen-bond donors (Lipinski definition) is 2. The number of fused-ring (bicyclic) bond motifs is 3. The predicted molar refractivity (Wildman–Crippen MR) is 108 cm³/mol. The lowest BCUT2D eigenvalue weighted by atomic mass is 9.61. The Bertz CT molecular complexity index is 956. The summed E-state index contributed by atoms with van der Waals surface area (Å²) in [5.41, 5.74) is 7.43. The van der Waals surface area contributed by atoms with Crippen LogP contribution in [-0.4, -0.2) is 34.0 Å². The number of amides is 2. The van der Waals surface area contributed by atoms with Gasteiger partial charge in [0.05, 0.1) is 11.5 Å². The number of benzene rings is 1. The zero-order valence-electron chi connectivity index (χ0n) is 16.5. The number of hydrogen-bond acceptors (Lipinski definition) is 3. The number of aromatic nitrogens is 1. The van der Waals surface area contributed by atoms with Crippen molar-refractivity contribution in [1.29, 1.82) is 0 Å². The van der Waals surface area contributed by atoms with Crippen molar-refractivity contribution in [2.45, 2.75) is 58.1 Å². The first-order valence-corrected chi connectivity index (χ1v) is 10.1. The van der Waals surface area contributed by atoms with E-state index in [1.54, 1.807) is 4.90 Å². The Kier molecular flexibility index (Phi) is 4.38. The van der Waals surface area contributed by atoms with Gasteiger partial charge < -0.3 is 15.5 Å². The molecule has 1 atom stereocenters. The van der Waals surface area contributed by atoms with Gasteiger partial charge in [-0.25, -0.2) is 4.79 Å². The third-order valence-corrected chi connectivity index (χ3v) is 6.21. The number of nitrogens with two attached hydrogens (primary N) is 1. The second-order valence-electron chi connectivity index (χ2n) is 8.91. The van der Waals surface area contributed by atoms with Gasteiger partial charge in [0, 0.05) is 28.2 Å². The molecule has 1 fully saturated rings. The van der Waals surface area contributed by atoms with Crippen LogP contribution in [0.5, 0.6) is 0 Å². The number of ether oxygens (including phenoxy) is 1. The van der Waals surface area contributed by atoms with Gasteiger partial charge in [-0.2, -0.15) is 0 Å². The fraction of sp³-hybridized carbons (Fsp3) is 0.524. The Labute approximate surface area is 169 Å². The van der Waals surface area contributed by atoms with Crippen LogP contribution in [0.4, 0.5) is 4.79 Å². The fourth-order valence-electron chi connectivity index (χ4n) is 4.56. The van der Waals surface area contributed by atoms with E-state index < -0.39 is 23.2 Å². The fourth-order valence-corrected chi connectivity index (χ4v) is 4.74. The minimum absolute atomic E-state index is 0.359. The summed E-state index contributed by atoms with van der Waals surface area (Å²) in [4.78, 5) is 30.7. The van der Waals surface area contributed by atoms with Gasteiger partial charge in [0.25, 0.3) is 0 Å². The van der Waals surface area contributed by atoms with Crippen LogP contribution in [0.15, 0.2) is 18.2 Å². The molecule has 6 nitrogen and oxygen atoms in total. The number of nitrogens with zero attached hydrogens (tertiary/aromatic N) is 1. The molecule has 1 aromatic heterocycles. The van der Waals surface area contributed by atoms with Gasteiger partial charge in [0.1, 0.15) is 5.60 Å². The molecule has 1 saturated carbocycles. The third kappa shape index (κ3) is 2.94. The maximum absolute atomic E-state index is 13.0. The van der Waals surface area contributed by atoms with Crippen molar-refractivity contribution < 1.29 is 14.3 Å². The summed E-state index contributed by atoms with van der Waals surface area (Å²) in [7, 11) is 0. The van der Waals surface area contributed by atoms with E-state index >= 15 is 0 Å². The van der Waals surface area contributed by atoms with E-state index in [9.17, 15) is 9.59 Å². The second-order valence-corrected chi connectivity index (χ2v) is 9.34. The lowest BCUT2D eigenvalue weighted by molar-refractivity contribution is -0.139. The van der Waals surface area contributed by atoms with Crippen molar-refractivity contribution in [3.63, 3.8) is 0 Å². The summed E-state index contributed by atoms with van der Waals surface area (Å²) in [6.07, 6.45) is 2.51. The molecule has 2 heterocycles. The number of halogens is 1. The highest BCUT2D eigenvalue weighted by atomic mass is 35.5. The van der Waals surface area contributed by atoms with E-state index in [1.165, 1.54) is 0 Å². The number of carbonyl (C=O) groups excluding carboxylic acids is 2. The van der Waals surface area contributed by atoms with Crippen molar-refractivity contribution in [2.24, 2.45) is 11.1 Å². The first kappa shape index (κ1) is 19.1. The first-order valence-electron chi connectivity index (χ1n) is 9.72. The molecule has 3 N–H and O–H groups in total. The van der Waals surface area contributed by atoms with Crippen LogP contribution in [0.2, 0.25) is 5.02 Å². The highest BCUT2D eigenvalue weighted by Crippen LogP contribution is 2.55. The lowest BCUT2D eigenvalue weighted by Crippen LogP contribution is -2.56. The number of carbonyl (C=O) groups is 2. The van der Waals surface area contributed by atoms with E-state index in [1.807, 2.05) is 39.0 Å². The van der Waals surface area contributed by atoms with Gasteiger partial charge in [0.15, 0.2) is 0 Å². The Morgan fingerprint density at radius 1 is 1.32 bits per heavy atom. The van der Waals surface area contributed by atoms with E-state index in [2.05, 4.69) is 4.98 Å². The topological polar surface area (TPSA) is 88.4 Å². The summed E-state index contributed by atoms with van der Waals surface area (Å²) in [5.74, 6) is -0.359. The molecule has 4 rings (SSSR count). The normalized spacial score (nSPS) is 21.1. The number of aromatic amines is 1. The molecule has 1 unspecified atom stereocenters. The molecule has 0 bridgehead atoms. The zero-order chi connectivity index (χ0) is 20.3. The highest BCUT2D eigenvalue weighted by Gasteiger charge is 2.55. The number of primary amides is 1. The molecule has 1 aromatic carbocycles. The molecule has 0 saturated heterocycles. The maximum Gasteiger partial charge on any atom is 0.410 e. The van der Waals surface area contributed by atoms with Crippen LogP contribution in [0.25, 0.3) is 10.9 Å². The van der Waals surface area contributed by atoms with E-state index in [4.69, 9.17) is 22.1 Å². The van der Waals surface area contributed by atoms with Gasteiger partial charge in [-0.1, -0.05) is 18.0 Å². The van der Waals surface area contributed by atoms with Gasteiger partial charge in [-0.05, 0) is 63.8 Å². The highest BCUT2D eigenvalue weighted by molar-refractivity contribution is 6.31. The van der Waals surface area contributed by atoms with Gasteiger partial charge in [0.2, 0.25) is 5.91 Å². The Balaban J connectivity index is 1.85. The van der Waals surface area contributed by atoms with Gasteiger partial charge >= 0.3 is 6.09 Å². The van der Waals surface area contributed by atoms with Crippen LogP contribution >= 0.6 is 11.6 Å². The maximum atomic E-state index is 13.0. The lowest BCUT2D eigenvalue weighted by Gasteiger charge is -2.50. The minimum Gasteiger partial charge on any atom is -0.444 e. The number of rotatable bonds is 2. The molecule has 0 radical (unpaired) electrons. The summed E-state index contributed by atoms with van der Waals surface area (Å²) in [6, 6.07) is 5.25. The molecule has 1 aliphatic heterocycles. The van der Waals surface area contributed by atoms with Crippen molar-refractivity contribution in [2.75, 3.05) is 6.54 Å². The van der Waals surface area contributed by atoms with Crippen molar-refractivity contribution in [3.05, 3.63) is 34.5 Å². The molecule has 0 spiro atoms. The zero-order valence-corrected chi connectivity index (χ0v) is 17.2. The molecular weight excluding hydrogens is 378 g/mol. The van der Waals surface area contributed by atoms with Crippen LogP contribution < -0.4 is 5.73 Å². The summed E-state index contributed by atoms with van der Waals surface area (Å²) >= 11 is 6.21. The molecule has 2 aliphatic rings. The number of H-pyrrole nitrogens is 1. The van der Waals surface area contributed by atoms with Crippen LogP contribution in [-0.2, 0) is 16.0 Å². The summed E-state index contributed by atoms with van der Waals surface area (Å²) < 4.78 is 5.66. The first-order chi connectivity index (χ1) is 13.1. The van der Waals surface area contributed by atoms with E-state index in [0.717, 1.165) is 28.6 Å². The predicted octanol–water partition coefficient (Wildman–Crippen LogP) is 4.31. The van der Waals surface area contributed by atoms with Crippen molar-refractivity contribution >= 4 is 34.5 Å². The molecule has 150 valence electrons. The Hall–Kier alpha value is -2.21. The van der Waals surface area contributed by atoms with Gasteiger partial charge in [-0.3, -0.25) is 9.69 Å². The monoisotopic (exact) mass is 403 g/mol. The quantitative estimate of drug-likeness (QED) is 0.782. The number of nitrogens with one attached hydrogen (secondary N) is 1. The smallest absolute Gasteiger partial charge is 0.410 e. The van der Waals surface area contributed by atoms with Crippen molar-refractivity contribution in [3.8, 4) is 0 Å². The Morgan fingerprint density at radius 3 is 2.61 bits per heavy atom. The molecule has 2 amide bonds. The average molecular weight is 404 g/mol. The standard InChI is InChI=1S/C21H26ClN3O3/c1-20(2,3)28-19(27)25-10-7-13-14-11-12(22)5-6-15(14)24-16(13)17(25)21(18(23)26)8-4-9-21/h5-6,11,17,24H,4,7-10H2,1-3H3,(H2,23,26). The second kappa shape index (κ2) is 6.41. The SMILES string of the molecule is CC(C)(C)OC(=O)N1CCc2c([nH]c3ccc(Cl)cc23)C1C1(C(N)=O)CCC1. The van der Waals surface area contributed by atoms with Crippen LogP contribution in [0, 0.1) is 5.41 Å². The minimum atomic E-state index is -0.767. The van der Waals surface area contributed by atoms with Crippen molar-refractivity contribution in [1.82, 2.24) is 9.88 Å². The Morgan fingerprint density at radius 2 is 2.04 bits per heavy atom. The molecule has 1 aliphatic carbocycles. The van der Waals surface area contributed by atoms with E-state index in [-0.39, 0.29) is 5.91 Å². The van der Waals surface area contributed by atoms with E-state index in [0.29, 0.717) is 30.8 Å². The summed E-state index contributed by atoms with van der Waals surface area (Å²) in [6.45, 7) is 6.00.